The highest BCUT2D eigenvalue weighted by Crippen LogP contribution is 2.14. The van der Waals surface area contributed by atoms with Crippen LogP contribution in [0, 0.1) is 5.82 Å². The number of piperidine rings is 1. The van der Waals surface area contributed by atoms with Gasteiger partial charge in [-0.05, 0) is 31.0 Å². The predicted octanol–water partition coefficient (Wildman–Crippen LogP) is 2.86. The molecular formula is C22H24FN5O. The quantitative estimate of drug-likeness (QED) is 0.700. The number of aromatic nitrogens is 3. The van der Waals surface area contributed by atoms with Crippen molar-refractivity contribution in [3.05, 3.63) is 83.4 Å². The van der Waals surface area contributed by atoms with Crippen molar-refractivity contribution in [2.75, 3.05) is 13.1 Å². The van der Waals surface area contributed by atoms with Crippen molar-refractivity contribution < 1.29 is 9.18 Å². The lowest BCUT2D eigenvalue weighted by molar-refractivity contribution is 0.0895. The molecule has 29 heavy (non-hydrogen) atoms. The van der Waals surface area contributed by atoms with Crippen LogP contribution in [-0.2, 0) is 13.1 Å². The molecule has 0 spiro atoms. The summed E-state index contributed by atoms with van der Waals surface area (Å²) in [5.74, 6) is -0.536. The number of hydrogen-bond donors (Lipinski definition) is 1. The van der Waals surface area contributed by atoms with Gasteiger partial charge in [0, 0.05) is 24.7 Å². The molecule has 0 bridgehead atoms. The third kappa shape index (κ3) is 5.06. The number of nitrogens with one attached hydrogen (secondary N) is 1. The van der Waals surface area contributed by atoms with Crippen molar-refractivity contribution in [2.45, 2.75) is 32.0 Å². The number of carbonyl (C=O) groups excluding carboxylic acids is 1. The molecule has 0 aliphatic carbocycles. The lowest BCUT2D eigenvalue weighted by Crippen LogP contribution is -2.47. The molecule has 0 radical (unpaired) electrons. The van der Waals surface area contributed by atoms with E-state index in [-0.39, 0.29) is 30.0 Å². The lowest BCUT2D eigenvalue weighted by Gasteiger charge is -2.33. The zero-order chi connectivity index (χ0) is 20.1. The molecule has 4 rings (SSSR count). The van der Waals surface area contributed by atoms with E-state index in [0.29, 0.717) is 5.56 Å². The highest BCUT2D eigenvalue weighted by atomic mass is 19.1. The maximum Gasteiger partial charge on any atom is 0.273 e. The van der Waals surface area contributed by atoms with Crippen molar-refractivity contribution in [3.63, 3.8) is 0 Å². The van der Waals surface area contributed by atoms with Gasteiger partial charge in [-0.15, -0.1) is 5.10 Å². The van der Waals surface area contributed by atoms with Gasteiger partial charge < -0.3 is 5.32 Å². The van der Waals surface area contributed by atoms with E-state index >= 15 is 0 Å². The maximum atomic E-state index is 13.8. The molecular weight excluding hydrogens is 369 g/mol. The normalized spacial score (nSPS) is 17.2. The fourth-order valence-electron chi connectivity index (χ4n) is 3.70. The first kappa shape index (κ1) is 19.3. The van der Waals surface area contributed by atoms with Crippen LogP contribution in [0.4, 0.5) is 4.39 Å². The molecule has 2 aromatic carbocycles. The third-order valence-corrected chi connectivity index (χ3v) is 5.15. The minimum absolute atomic E-state index is 0.0803. The topological polar surface area (TPSA) is 63.1 Å². The van der Waals surface area contributed by atoms with Crippen molar-refractivity contribution in [3.8, 4) is 0 Å². The number of rotatable bonds is 6. The first-order chi connectivity index (χ1) is 14.2. The predicted molar refractivity (Wildman–Crippen MR) is 108 cm³/mol. The van der Waals surface area contributed by atoms with E-state index in [4.69, 9.17) is 0 Å². The number of amides is 1. The molecule has 0 unspecified atom stereocenters. The SMILES string of the molecule is O=C(N[C@@H]1CCCN(Cc2ccccc2)C1)c1cn(Cc2ccccc2F)nn1. The van der Waals surface area contributed by atoms with Crippen molar-refractivity contribution >= 4 is 5.91 Å². The maximum absolute atomic E-state index is 13.8. The third-order valence-electron chi connectivity index (χ3n) is 5.15. The van der Waals surface area contributed by atoms with Gasteiger partial charge in [0.1, 0.15) is 5.82 Å². The van der Waals surface area contributed by atoms with Gasteiger partial charge in [0.2, 0.25) is 0 Å². The summed E-state index contributed by atoms with van der Waals surface area (Å²) in [5.41, 5.74) is 2.03. The van der Waals surface area contributed by atoms with Gasteiger partial charge in [0.25, 0.3) is 5.91 Å². The first-order valence-corrected chi connectivity index (χ1v) is 9.88. The van der Waals surface area contributed by atoms with Gasteiger partial charge in [-0.25, -0.2) is 9.07 Å². The van der Waals surface area contributed by atoms with Crippen LogP contribution in [0.2, 0.25) is 0 Å². The molecule has 6 nitrogen and oxygen atoms in total. The summed E-state index contributed by atoms with van der Waals surface area (Å²) in [7, 11) is 0. The largest absolute Gasteiger partial charge is 0.347 e. The van der Waals surface area contributed by atoms with E-state index in [1.54, 1.807) is 24.4 Å². The van der Waals surface area contributed by atoms with Crippen LogP contribution in [0.25, 0.3) is 0 Å². The summed E-state index contributed by atoms with van der Waals surface area (Å²) < 4.78 is 15.3. The molecule has 150 valence electrons. The molecule has 1 amide bonds. The van der Waals surface area contributed by atoms with Crippen LogP contribution in [0.1, 0.15) is 34.5 Å². The number of nitrogens with zero attached hydrogens (tertiary/aromatic N) is 4. The molecule has 1 aliphatic rings. The summed E-state index contributed by atoms with van der Waals surface area (Å²) in [4.78, 5) is 15.0. The zero-order valence-corrected chi connectivity index (χ0v) is 16.2. The molecule has 1 aliphatic heterocycles. The Morgan fingerprint density at radius 1 is 1.10 bits per heavy atom. The molecule has 2 heterocycles. The van der Waals surface area contributed by atoms with E-state index in [2.05, 4.69) is 32.7 Å². The standard InChI is InChI=1S/C22H24FN5O/c23-20-11-5-4-9-18(20)14-28-16-21(25-26-28)22(29)24-19-10-6-12-27(15-19)13-17-7-2-1-3-8-17/h1-5,7-9,11,16,19H,6,10,12-15H2,(H,24,29)/t19-/m1/s1. The fraction of sp³-hybridized carbons (Fsp3) is 0.318. The van der Waals surface area contributed by atoms with Crippen LogP contribution in [0.15, 0.2) is 60.8 Å². The number of likely N-dealkylation sites (tertiary alicyclic amines) is 1. The summed E-state index contributed by atoms with van der Waals surface area (Å²) in [6, 6.07) is 16.9. The van der Waals surface area contributed by atoms with Crippen LogP contribution in [0.3, 0.4) is 0 Å². The number of carbonyl (C=O) groups is 1. The highest BCUT2D eigenvalue weighted by Gasteiger charge is 2.23. The molecule has 0 saturated carbocycles. The second-order valence-electron chi connectivity index (χ2n) is 7.43. The van der Waals surface area contributed by atoms with Crippen LogP contribution in [-0.4, -0.2) is 44.9 Å². The number of benzene rings is 2. The van der Waals surface area contributed by atoms with Crippen LogP contribution in [0.5, 0.6) is 0 Å². The highest BCUT2D eigenvalue weighted by molar-refractivity contribution is 5.92. The van der Waals surface area contributed by atoms with E-state index in [0.717, 1.165) is 32.5 Å². The Hall–Kier alpha value is -3.06. The summed E-state index contributed by atoms with van der Waals surface area (Å²) in [6.07, 6.45) is 3.55. The molecule has 1 saturated heterocycles. The second-order valence-corrected chi connectivity index (χ2v) is 7.43. The number of hydrogen-bond acceptors (Lipinski definition) is 4. The minimum Gasteiger partial charge on any atom is -0.347 e. The molecule has 1 atom stereocenters. The summed E-state index contributed by atoms with van der Waals surface area (Å²) in [6.45, 7) is 2.96. The van der Waals surface area contributed by atoms with Gasteiger partial charge in [0.15, 0.2) is 5.69 Å². The lowest BCUT2D eigenvalue weighted by atomic mass is 10.0. The Morgan fingerprint density at radius 3 is 2.72 bits per heavy atom. The monoisotopic (exact) mass is 393 g/mol. The van der Waals surface area contributed by atoms with E-state index < -0.39 is 0 Å². The molecule has 1 aromatic heterocycles. The van der Waals surface area contributed by atoms with Crippen LogP contribution >= 0.6 is 0 Å². The van der Waals surface area contributed by atoms with Gasteiger partial charge in [-0.2, -0.15) is 0 Å². The smallest absolute Gasteiger partial charge is 0.273 e. The zero-order valence-electron chi connectivity index (χ0n) is 16.2. The molecule has 1 N–H and O–H groups in total. The Kier molecular flexibility index (Phi) is 5.95. The van der Waals surface area contributed by atoms with E-state index in [9.17, 15) is 9.18 Å². The van der Waals surface area contributed by atoms with Gasteiger partial charge >= 0.3 is 0 Å². The molecule has 1 fully saturated rings. The van der Waals surface area contributed by atoms with E-state index in [1.165, 1.54) is 16.3 Å². The Balaban J connectivity index is 1.33. The minimum atomic E-state index is -0.297. The van der Waals surface area contributed by atoms with Crippen molar-refractivity contribution in [2.24, 2.45) is 0 Å². The Morgan fingerprint density at radius 2 is 1.90 bits per heavy atom. The Bertz CT molecular complexity index is 959. The van der Waals surface area contributed by atoms with Gasteiger partial charge in [0.05, 0.1) is 12.7 Å². The molecule has 3 aromatic rings. The average Bonchev–Trinajstić information content (AvgIpc) is 3.20. The second kappa shape index (κ2) is 8.96. The molecule has 7 heteroatoms. The van der Waals surface area contributed by atoms with Gasteiger partial charge in [-0.1, -0.05) is 53.7 Å². The van der Waals surface area contributed by atoms with E-state index in [1.807, 2.05) is 18.2 Å². The fourth-order valence-corrected chi connectivity index (χ4v) is 3.70. The summed E-state index contributed by atoms with van der Waals surface area (Å²) in [5, 5.41) is 11.0. The van der Waals surface area contributed by atoms with Crippen molar-refractivity contribution in [1.29, 1.82) is 0 Å². The van der Waals surface area contributed by atoms with Crippen molar-refractivity contribution in [1.82, 2.24) is 25.2 Å². The average molecular weight is 393 g/mol. The van der Waals surface area contributed by atoms with Crippen LogP contribution < -0.4 is 5.32 Å². The summed E-state index contributed by atoms with van der Waals surface area (Å²) >= 11 is 0. The van der Waals surface area contributed by atoms with Gasteiger partial charge in [-0.3, -0.25) is 9.69 Å². The first-order valence-electron chi connectivity index (χ1n) is 9.88. The number of halogens is 1. The Labute approximate surface area is 169 Å².